The average Bonchev–Trinajstić information content (AvgIpc) is 2.48. The van der Waals surface area contributed by atoms with E-state index in [1.54, 1.807) is 6.92 Å². The second-order valence-corrected chi connectivity index (χ2v) is 5.06. The fourth-order valence-electron chi connectivity index (χ4n) is 2.55. The predicted molar refractivity (Wildman–Crippen MR) is 77.0 cm³/mol. The first-order valence-corrected chi connectivity index (χ1v) is 6.71. The summed E-state index contributed by atoms with van der Waals surface area (Å²) in [5.74, 6) is -0.324. The number of nitrogens with one attached hydrogen (secondary N) is 1. The molecule has 0 spiro atoms. The topological polar surface area (TPSA) is 49.4 Å². The number of hydrogen-bond acceptors (Lipinski definition) is 3. The predicted octanol–water partition coefficient (Wildman–Crippen LogP) is 1.69. The van der Waals surface area contributed by atoms with E-state index in [1.165, 1.54) is 4.90 Å². The van der Waals surface area contributed by atoms with Gasteiger partial charge in [-0.1, -0.05) is 42.5 Å². The molecule has 2 aromatic rings. The maximum Gasteiger partial charge on any atom is 0.246 e. The highest BCUT2D eigenvalue weighted by Gasteiger charge is 2.31. The lowest BCUT2D eigenvalue weighted by molar-refractivity contribution is -0.149. The first-order chi connectivity index (χ1) is 9.66. The van der Waals surface area contributed by atoms with Crippen LogP contribution in [0.4, 0.5) is 0 Å². The molecule has 1 saturated heterocycles. The molecular weight excluding hydrogens is 252 g/mol. The van der Waals surface area contributed by atoms with Gasteiger partial charge in [-0.25, -0.2) is 0 Å². The van der Waals surface area contributed by atoms with Crippen molar-refractivity contribution in [2.45, 2.75) is 19.5 Å². The fraction of sp³-hybridized carbons (Fsp3) is 0.250. The number of piperazine rings is 1. The summed E-state index contributed by atoms with van der Waals surface area (Å²) >= 11 is 0. The Labute approximate surface area is 117 Å². The maximum atomic E-state index is 12.1. The number of carbonyl (C=O) groups is 2. The minimum Gasteiger partial charge on any atom is -0.298 e. The molecule has 1 unspecified atom stereocenters. The molecule has 102 valence electrons. The van der Waals surface area contributed by atoms with Crippen molar-refractivity contribution in [3.05, 3.63) is 48.0 Å². The first-order valence-electron chi connectivity index (χ1n) is 6.71. The SMILES string of the molecule is CC1NCC(=O)N(Cc2cccc3ccccc23)C1=O. The molecule has 1 N–H and O–H groups in total. The summed E-state index contributed by atoms with van der Waals surface area (Å²) in [5.41, 5.74) is 0.999. The van der Waals surface area contributed by atoms with Crippen LogP contribution < -0.4 is 5.32 Å². The summed E-state index contributed by atoms with van der Waals surface area (Å²) in [5, 5.41) is 5.10. The Bertz CT molecular complexity index is 676. The van der Waals surface area contributed by atoms with E-state index in [4.69, 9.17) is 0 Å². The molecule has 0 aromatic heterocycles. The Balaban J connectivity index is 1.96. The van der Waals surface area contributed by atoms with Crippen LogP contribution in [0.5, 0.6) is 0 Å². The van der Waals surface area contributed by atoms with Crippen molar-refractivity contribution < 1.29 is 9.59 Å². The van der Waals surface area contributed by atoms with E-state index in [1.807, 2.05) is 42.5 Å². The van der Waals surface area contributed by atoms with Gasteiger partial charge in [0.1, 0.15) is 0 Å². The third-order valence-electron chi connectivity index (χ3n) is 3.71. The van der Waals surface area contributed by atoms with Crippen LogP contribution >= 0.6 is 0 Å². The Hall–Kier alpha value is -2.20. The summed E-state index contributed by atoms with van der Waals surface area (Å²) in [6.45, 7) is 2.34. The van der Waals surface area contributed by atoms with Crippen LogP contribution in [0.15, 0.2) is 42.5 Å². The standard InChI is InChI=1S/C16H16N2O2/c1-11-16(20)18(15(19)9-17-11)10-13-7-4-6-12-5-2-3-8-14(12)13/h2-8,11,17H,9-10H2,1H3. The number of fused-ring (bicyclic) bond motifs is 1. The zero-order valence-corrected chi connectivity index (χ0v) is 11.3. The molecule has 2 aromatic carbocycles. The van der Waals surface area contributed by atoms with Crippen LogP contribution in [0.25, 0.3) is 10.8 Å². The lowest BCUT2D eigenvalue weighted by Gasteiger charge is -2.30. The summed E-state index contributed by atoms with van der Waals surface area (Å²) in [6, 6.07) is 13.7. The number of amides is 2. The second-order valence-electron chi connectivity index (χ2n) is 5.06. The average molecular weight is 268 g/mol. The van der Waals surface area contributed by atoms with Crippen molar-refractivity contribution in [3.8, 4) is 0 Å². The van der Waals surface area contributed by atoms with E-state index in [9.17, 15) is 9.59 Å². The van der Waals surface area contributed by atoms with Gasteiger partial charge in [-0.15, -0.1) is 0 Å². The quantitative estimate of drug-likeness (QED) is 0.843. The van der Waals surface area contributed by atoms with Gasteiger partial charge >= 0.3 is 0 Å². The smallest absolute Gasteiger partial charge is 0.246 e. The lowest BCUT2D eigenvalue weighted by atomic mass is 10.0. The molecule has 0 saturated carbocycles. The van der Waals surface area contributed by atoms with Gasteiger partial charge in [-0.3, -0.25) is 19.8 Å². The van der Waals surface area contributed by atoms with Crippen molar-refractivity contribution >= 4 is 22.6 Å². The van der Waals surface area contributed by atoms with Crippen LogP contribution in [-0.2, 0) is 16.1 Å². The molecule has 0 radical (unpaired) electrons. The Morgan fingerprint density at radius 1 is 1.15 bits per heavy atom. The molecule has 4 nitrogen and oxygen atoms in total. The number of nitrogens with zero attached hydrogens (tertiary/aromatic N) is 1. The monoisotopic (exact) mass is 268 g/mol. The molecule has 0 aliphatic carbocycles. The van der Waals surface area contributed by atoms with Gasteiger partial charge < -0.3 is 0 Å². The third kappa shape index (κ3) is 2.18. The van der Waals surface area contributed by atoms with Gasteiger partial charge in [-0.05, 0) is 23.3 Å². The van der Waals surface area contributed by atoms with Gasteiger partial charge in [0.25, 0.3) is 0 Å². The number of carbonyl (C=O) groups excluding carboxylic acids is 2. The maximum absolute atomic E-state index is 12.1. The van der Waals surface area contributed by atoms with Crippen LogP contribution in [-0.4, -0.2) is 29.3 Å². The molecule has 1 aliphatic heterocycles. The number of imide groups is 1. The van der Waals surface area contributed by atoms with E-state index in [-0.39, 0.29) is 24.4 Å². The molecule has 1 heterocycles. The van der Waals surface area contributed by atoms with Gasteiger partial charge in [0.2, 0.25) is 11.8 Å². The number of hydrogen-bond donors (Lipinski definition) is 1. The van der Waals surface area contributed by atoms with Crippen molar-refractivity contribution in [1.82, 2.24) is 10.2 Å². The highest BCUT2D eigenvalue weighted by Crippen LogP contribution is 2.20. The summed E-state index contributed by atoms with van der Waals surface area (Å²) < 4.78 is 0. The first kappa shape index (κ1) is 12.8. The molecule has 4 heteroatoms. The second kappa shape index (κ2) is 5.06. The van der Waals surface area contributed by atoms with Crippen molar-refractivity contribution in [2.75, 3.05) is 6.54 Å². The van der Waals surface area contributed by atoms with Gasteiger partial charge in [0.05, 0.1) is 19.1 Å². The molecule has 1 atom stereocenters. The van der Waals surface area contributed by atoms with Crippen LogP contribution in [0.3, 0.4) is 0 Å². The largest absolute Gasteiger partial charge is 0.298 e. The molecule has 1 aliphatic rings. The highest BCUT2D eigenvalue weighted by molar-refractivity contribution is 6.01. The third-order valence-corrected chi connectivity index (χ3v) is 3.71. The summed E-state index contributed by atoms with van der Waals surface area (Å²) in [7, 11) is 0. The Morgan fingerprint density at radius 2 is 1.90 bits per heavy atom. The highest BCUT2D eigenvalue weighted by atomic mass is 16.2. The fourth-order valence-corrected chi connectivity index (χ4v) is 2.55. The van der Waals surface area contributed by atoms with E-state index < -0.39 is 0 Å². The molecule has 0 bridgehead atoms. The molecule has 3 rings (SSSR count). The van der Waals surface area contributed by atoms with Crippen LogP contribution in [0.1, 0.15) is 12.5 Å². The molecular formula is C16H16N2O2. The van der Waals surface area contributed by atoms with Gasteiger partial charge in [-0.2, -0.15) is 0 Å². The molecule has 2 amide bonds. The number of rotatable bonds is 2. The van der Waals surface area contributed by atoms with Crippen molar-refractivity contribution in [3.63, 3.8) is 0 Å². The lowest BCUT2D eigenvalue weighted by Crippen LogP contribution is -2.56. The van der Waals surface area contributed by atoms with Gasteiger partial charge in [0, 0.05) is 0 Å². The van der Waals surface area contributed by atoms with Crippen molar-refractivity contribution in [1.29, 1.82) is 0 Å². The zero-order chi connectivity index (χ0) is 14.1. The summed E-state index contributed by atoms with van der Waals surface area (Å²) in [4.78, 5) is 25.4. The zero-order valence-electron chi connectivity index (χ0n) is 11.3. The summed E-state index contributed by atoms with van der Waals surface area (Å²) in [6.07, 6.45) is 0. The van der Waals surface area contributed by atoms with Crippen molar-refractivity contribution in [2.24, 2.45) is 0 Å². The molecule has 1 fully saturated rings. The van der Waals surface area contributed by atoms with Crippen LogP contribution in [0.2, 0.25) is 0 Å². The minimum atomic E-state index is -0.303. The van der Waals surface area contributed by atoms with E-state index in [0.29, 0.717) is 6.54 Å². The van der Waals surface area contributed by atoms with Crippen LogP contribution in [0, 0.1) is 0 Å². The van der Waals surface area contributed by atoms with Gasteiger partial charge in [0.15, 0.2) is 0 Å². The normalized spacial score (nSPS) is 19.6. The Morgan fingerprint density at radius 3 is 2.75 bits per heavy atom. The minimum absolute atomic E-state index is 0.158. The van der Waals surface area contributed by atoms with E-state index in [2.05, 4.69) is 5.32 Å². The molecule has 20 heavy (non-hydrogen) atoms. The van der Waals surface area contributed by atoms with E-state index in [0.717, 1.165) is 16.3 Å². The van der Waals surface area contributed by atoms with E-state index >= 15 is 0 Å². The Kier molecular flexibility index (Phi) is 3.24. The number of benzene rings is 2.